The number of Topliss-reactive ketones (excluding diaryl/α,β-unsaturated/α-hetero) is 1. The predicted octanol–water partition coefficient (Wildman–Crippen LogP) is 3.16. The first-order valence-electron chi connectivity index (χ1n) is 8.22. The number of ketones is 1. The first-order valence-corrected chi connectivity index (χ1v) is 9.20. The number of nitriles is 1. The summed E-state index contributed by atoms with van der Waals surface area (Å²) in [5, 5.41) is 11.9. The Morgan fingerprint density at radius 1 is 1.07 bits per heavy atom. The second-order valence-electron chi connectivity index (χ2n) is 5.67. The lowest BCUT2D eigenvalue weighted by atomic mass is 10.1. The number of amides is 1. The van der Waals surface area contributed by atoms with Crippen LogP contribution >= 0.6 is 11.8 Å². The maximum absolute atomic E-state index is 12.3. The molecule has 2 aromatic carbocycles. The molecule has 3 N–H and O–H groups in total. The van der Waals surface area contributed by atoms with E-state index in [-0.39, 0.29) is 28.8 Å². The van der Waals surface area contributed by atoms with Crippen LogP contribution in [0.4, 0.5) is 11.5 Å². The van der Waals surface area contributed by atoms with E-state index in [1.54, 1.807) is 48.5 Å². The van der Waals surface area contributed by atoms with Gasteiger partial charge in [-0.3, -0.25) is 9.59 Å². The molecule has 138 valence electrons. The number of nitrogens with two attached hydrogens (primary N) is 1. The maximum Gasteiger partial charge on any atom is 0.255 e. The highest BCUT2D eigenvalue weighted by Gasteiger charge is 2.11. The van der Waals surface area contributed by atoms with Crippen molar-refractivity contribution in [3.05, 3.63) is 77.5 Å². The van der Waals surface area contributed by atoms with Crippen LogP contribution in [0.25, 0.3) is 0 Å². The van der Waals surface area contributed by atoms with Crippen LogP contribution < -0.4 is 11.1 Å². The number of rotatable bonds is 6. The predicted molar refractivity (Wildman–Crippen MR) is 107 cm³/mol. The summed E-state index contributed by atoms with van der Waals surface area (Å²) < 4.78 is 0. The minimum absolute atomic E-state index is 0.0889. The average Bonchev–Trinajstić information content (AvgIpc) is 2.73. The van der Waals surface area contributed by atoms with Crippen LogP contribution in [0, 0.1) is 11.3 Å². The lowest BCUT2D eigenvalue weighted by Gasteiger charge is -2.06. The van der Waals surface area contributed by atoms with E-state index in [4.69, 9.17) is 11.0 Å². The molecule has 1 heterocycles. The number of benzene rings is 2. The number of carbonyl (C=O) groups excluding carboxylic acids is 2. The molecule has 0 saturated carbocycles. The molecule has 0 radical (unpaired) electrons. The topological polar surface area (TPSA) is 122 Å². The van der Waals surface area contributed by atoms with Crippen molar-refractivity contribution in [1.82, 2.24) is 9.97 Å². The number of nitrogens with one attached hydrogen (secondary N) is 1. The third-order valence-corrected chi connectivity index (χ3v) is 4.61. The summed E-state index contributed by atoms with van der Waals surface area (Å²) in [5.74, 6) is -0.115. The number of nitrogens with zero attached hydrogens (tertiary/aromatic N) is 3. The first-order chi connectivity index (χ1) is 13.6. The third kappa shape index (κ3) is 4.72. The molecule has 8 heteroatoms. The average molecular weight is 389 g/mol. The van der Waals surface area contributed by atoms with Gasteiger partial charge < -0.3 is 11.1 Å². The van der Waals surface area contributed by atoms with Crippen molar-refractivity contribution in [2.45, 2.75) is 5.16 Å². The Balaban J connectivity index is 1.58. The van der Waals surface area contributed by atoms with Crippen molar-refractivity contribution in [3.8, 4) is 6.07 Å². The summed E-state index contributed by atoms with van der Waals surface area (Å²) in [6, 6.07) is 17.4. The Labute approximate surface area is 165 Å². The summed E-state index contributed by atoms with van der Waals surface area (Å²) in [6.45, 7) is 0. The first kappa shape index (κ1) is 19.1. The molecule has 0 bridgehead atoms. The highest BCUT2D eigenvalue weighted by molar-refractivity contribution is 7.99. The van der Waals surface area contributed by atoms with Gasteiger partial charge >= 0.3 is 0 Å². The fraction of sp³-hybridized carbons (Fsp3) is 0.0500. The van der Waals surface area contributed by atoms with Crippen molar-refractivity contribution in [1.29, 1.82) is 5.26 Å². The summed E-state index contributed by atoms with van der Waals surface area (Å²) in [4.78, 5) is 32.5. The normalized spacial score (nSPS) is 10.1. The lowest BCUT2D eigenvalue weighted by molar-refractivity contribution is 0.101. The van der Waals surface area contributed by atoms with Crippen LogP contribution in [0.2, 0.25) is 0 Å². The van der Waals surface area contributed by atoms with Crippen LogP contribution in [-0.2, 0) is 0 Å². The molecule has 28 heavy (non-hydrogen) atoms. The molecular weight excluding hydrogens is 374 g/mol. The molecule has 1 aromatic heterocycles. The third-order valence-electron chi connectivity index (χ3n) is 3.75. The van der Waals surface area contributed by atoms with E-state index >= 15 is 0 Å². The molecule has 3 rings (SSSR count). The van der Waals surface area contributed by atoms with E-state index in [1.165, 1.54) is 6.20 Å². The standard InChI is InChI=1S/C20H15N5O2S/c21-10-15-11-23-20(25-18(15)22)28-12-17(26)13-6-8-16(9-7-13)24-19(27)14-4-2-1-3-5-14/h1-9,11H,12H2,(H,24,27)(H2,22,23,25). The van der Waals surface area contributed by atoms with E-state index in [2.05, 4.69) is 15.3 Å². The molecule has 0 spiro atoms. The number of anilines is 2. The minimum Gasteiger partial charge on any atom is -0.382 e. The molecule has 0 aliphatic carbocycles. The molecule has 0 fully saturated rings. The van der Waals surface area contributed by atoms with Crippen molar-refractivity contribution >= 4 is 35.0 Å². The maximum atomic E-state index is 12.3. The summed E-state index contributed by atoms with van der Waals surface area (Å²) in [5.41, 5.74) is 7.50. The fourth-order valence-corrected chi connectivity index (χ4v) is 3.00. The SMILES string of the molecule is N#Cc1cnc(SCC(=O)c2ccc(NC(=O)c3ccccc3)cc2)nc1N. The van der Waals surface area contributed by atoms with Crippen molar-refractivity contribution in [2.75, 3.05) is 16.8 Å². The second-order valence-corrected chi connectivity index (χ2v) is 6.62. The minimum atomic E-state index is -0.217. The van der Waals surface area contributed by atoms with Crippen LogP contribution in [0.15, 0.2) is 66.0 Å². The highest BCUT2D eigenvalue weighted by Crippen LogP contribution is 2.18. The Bertz CT molecular complexity index is 1050. The summed E-state index contributed by atoms with van der Waals surface area (Å²) in [6.07, 6.45) is 1.33. The van der Waals surface area contributed by atoms with E-state index < -0.39 is 0 Å². The van der Waals surface area contributed by atoms with Gasteiger partial charge in [0.2, 0.25) is 0 Å². The Hall–Kier alpha value is -3.70. The summed E-state index contributed by atoms with van der Waals surface area (Å²) in [7, 11) is 0. The lowest BCUT2D eigenvalue weighted by Crippen LogP contribution is -2.12. The Morgan fingerprint density at radius 2 is 1.79 bits per heavy atom. The second kappa shape index (κ2) is 8.79. The van der Waals surface area contributed by atoms with Crippen LogP contribution in [-0.4, -0.2) is 27.4 Å². The van der Waals surface area contributed by atoms with Gasteiger partial charge in [0.15, 0.2) is 10.9 Å². The zero-order valence-electron chi connectivity index (χ0n) is 14.6. The van der Waals surface area contributed by atoms with Gasteiger partial charge in [0.25, 0.3) is 5.91 Å². The number of carbonyl (C=O) groups is 2. The van der Waals surface area contributed by atoms with Crippen LogP contribution in [0.5, 0.6) is 0 Å². The van der Waals surface area contributed by atoms with Gasteiger partial charge in [-0.1, -0.05) is 30.0 Å². The van der Waals surface area contributed by atoms with Crippen molar-refractivity contribution < 1.29 is 9.59 Å². The summed E-state index contributed by atoms with van der Waals surface area (Å²) >= 11 is 1.14. The van der Waals surface area contributed by atoms with Gasteiger partial charge in [-0.2, -0.15) is 5.26 Å². The van der Waals surface area contributed by atoms with E-state index in [0.717, 1.165) is 11.8 Å². The van der Waals surface area contributed by atoms with Gasteiger partial charge in [0.05, 0.1) is 11.9 Å². The van der Waals surface area contributed by atoms with E-state index in [1.807, 2.05) is 12.1 Å². The van der Waals surface area contributed by atoms with Gasteiger partial charge in [0, 0.05) is 16.8 Å². The molecule has 0 unspecified atom stereocenters. The van der Waals surface area contributed by atoms with Gasteiger partial charge in [-0.15, -0.1) is 0 Å². The highest BCUT2D eigenvalue weighted by atomic mass is 32.2. The van der Waals surface area contributed by atoms with E-state index in [0.29, 0.717) is 22.0 Å². The molecule has 7 nitrogen and oxygen atoms in total. The molecule has 0 atom stereocenters. The molecule has 0 aliphatic rings. The van der Waals surface area contributed by atoms with Gasteiger partial charge in [-0.25, -0.2) is 9.97 Å². The van der Waals surface area contributed by atoms with Gasteiger partial charge in [-0.05, 0) is 36.4 Å². The molecule has 0 aliphatic heterocycles. The Morgan fingerprint density at radius 3 is 2.43 bits per heavy atom. The molecular formula is C20H15N5O2S. The van der Waals surface area contributed by atoms with E-state index in [9.17, 15) is 9.59 Å². The van der Waals surface area contributed by atoms with Crippen LogP contribution in [0.1, 0.15) is 26.3 Å². The largest absolute Gasteiger partial charge is 0.382 e. The molecule has 0 saturated heterocycles. The van der Waals surface area contributed by atoms with Crippen molar-refractivity contribution in [3.63, 3.8) is 0 Å². The number of hydrogen-bond donors (Lipinski definition) is 2. The zero-order valence-corrected chi connectivity index (χ0v) is 15.4. The quantitative estimate of drug-likeness (QED) is 0.377. The number of aromatic nitrogens is 2. The molecule has 3 aromatic rings. The Kier molecular flexibility index (Phi) is 5.99. The monoisotopic (exact) mass is 389 g/mol. The fourth-order valence-electron chi connectivity index (χ4n) is 2.28. The van der Waals surface area contributed by atoms with Gasteiger partial charge in [0.1, 0.15) is 17.5 Å². The molecule has 1 amide bonds. The number of hydrogen-bond acceptors (Lipinski definition) is 7. The van der Waals surface area contributed by atoms with Crippen LogP contribution in [0.3, 0.4) is 0 Å². The number of thioether (sulfide) groups is 1. The zero-order chi connectivity index (χ0) is 19.9. The number of nitrogen functional groups attached to an aromatic ring is 1. The van der Waals surface area contributed by atoms with Crippen molar-refractivity contribution in [2.24, 2.45) is 0 Å². The smallest absolute Gasteiger partial charge is 0.255 e.